The lowest BCUT2D eigenvalue weighted by Gasteiger charge is -2.29. The molecule has 0 bridgehead atoms. The standard InChI is InChI=1S/C17H29N7/c1-17(2,12-22(3)4)13-23-10-9-19-16(23)15-11-24(21-20-15)14-5-7-18-8-6-14/h9-11,14,18H,5-8,12-13H2,1-4H3. The quantitative estimate of drug-likeness (QED) is 0.872. The zero-order valence-corrected chi connectivity index (χ0v) is 15.2. The van der Waals surface area contributed by atoms with Crippen LogP contribution in [0.4, 0.5) is 0 Å². The summed E-state index contributed by atoms with van der Waals surface area (Å²) < 4.78 is 4.21. The maximum absolute atomic E-state index is 4.53. The van der Waals surface area contributed by atoms with E-state index in [9.17, 15) is 0 Å². The highest BCUT2D eigenvalue weighted by Crippen LogP contribution is 2.24. The molecule has 3 heterocycles. The maximum Gasteiger partial charge on any atom is 0.162 e. The van der Waals surface area contributed by atoms with Gasteiger partial charge in [0.1, 0.15) is 5.69 Å². The van der Waals surface area contributed by atoms with Crippen molar-refractivity contribution >= 4 is 0 Å². The number of hydrogen-bond acceptors (Lipinski definition) is 5. The highest BCUT2D eigenvalue weighted by Gasteiger charge is 2.23. The molecule has 0 radical (unpaired) electrons. The summed E-state index contributed by atoms with van der Waals surface area (Å²) in [5.74, 6) is 0.905. The molecule has 132 valence electrons. The van der Waals surface area contributed by atoms with Crippen molar-refractivity contribution in [1.82, 2.24) is 34.8 Å². The van der Waals surface area contributed by atoms with Crippen molar-refractivity contribution in [2.24, 2.45) is 5.41 Å². The minimum Gasteiger partial charge on any atom is -0.329 e. The fourth-order valence-corrected chi connectivity index (χ4v) is 3.67. The first-order valence-electron chi connectivity index (χ1n) is 8.73. The molecule has 7 nitrogen and oxygen atoms in total. The molecule has 3 rings (SSSR count). The number of aromatic nitrogens is 5. The Morgan fingerprint density at radius 1 is 1.29 bits per heavy atom. The summed E-state index contributed by atoms with van der Waals surface area (Å²) >= 11 is 0. The molecule has 24 heavy (non-hydrogen) atoms. The Hall–Kier alpha value is -1.73. The van der Waals surface area contributed by atoms with Gasteiger partial charge in [-0.15, -0.1) is 5.10 Å². The van der Waals surface area contributed by atoms with Gasteiger partial charge < -0.3 is 14.8 Å². The lowest BCUT2D eigenvalue weighted by Crippen LogP contribution is -2.32. The molecule has 0 saturated carbocycles. The number of rotatable bonds is 6. The topological polar surface area (TPSA) is 63.8 Å². The smallest absolute Gasteiger partial charge is 0.162 e. The zero-order chi connectivity index (χ0) is 17.2. The van der Waals surface area contributed by atoms with Gasteiger partial charge in [0.2, 0.25) is 0 Å². The van der Waals surface area contributed by atoms with Crippen LogP contribution in [0.5, 0.6) is 0 Å². The van der Waals surface area contributed by atoms with Crippen LogP contribution in [0.3, 0.4) is 0 Å². The van der Waals surface area contributed by atoms with E-state index in [0.717, 1.165) is 50.5 Å². The van der Waals surface area contributed by atoms with Crippen LogP contribution in [0.1, 0.15) is 32.7 Å². The Labute approximate surface area is 144 Å². The molecule has 1 saturated heterocycles. The summed E-state index contributed by atoms with van der Waals surface area (Å²) in [5.41, 5.74) is 1.02. The molecule has 0 atom stereocenters. The van der Waals surface area contributed by atoms with Crippen molar-refractivity contribution in [3.05, 3.63) is 18.6 Å². The Kier molecular flexibility index (Phi) is 5.01. The minimum atomic E-state index is 0.157. The monoisotopic (exact) mass is 331 g/mol. The van der Waals surface area contributed by atoms with Crippen LogP contribution in [0, 0.1) is 5.41 Å². The lowest BCUT2D eigenvalue weighted by molar-refractivity contribution is 0.212. The predicted molar refractivity (Wildman–Crippen MR) is 94.7 cm³/mol. The molecule has 0 aliphatic carbocycles. The third-order valence-corrected chi connectivity index (χ3v) is 4.48. The van der Waals surface area contributed by atoms with Gasteiger partial charge in [-0.25, -0.2) is 9.67 Å². The first-order chi connectivity index (χ1) is 11.4. The van der Waals surface area contributed by atoms with Crippen molar-refractivity contribution in [3.8, 4) is 11.5 Å². The number of hydrogen-bond donors (Lipinski definition) is 1. The van der Waals surface area contributed by atoms with Crippen molar-refractivity contribution in [3.63, 3.8) is 0 Å². The summed E-state index contributed by atoms with van der Waals surface area (Å²) in [7, 11) is 4.22. The molecule has 1 N–H and O–H groups in total. The van der Waals surface area contributed by atoms with Crippen LogP contribution in [0.25, 0.3) is 11.5 Å². The lowest BCUT2D eigenvalue weighted by atomic mass is 9.93. The van der Waals surface area contributed by atoms with E-state index in [0.29, 0.717) is 6.04 Å². The van der Waals surface area contributed by atoms with Gasteiger partial charge in [-0.05, 0) is 45.4 Å². The number of nitrogens with zero attached hydrogens (tertiary/aromatic N) is 6. The van der Waals surface area contributed by atoms with Crippen LogP contribution in [-0.4, -0.2) is 63.2 Å². The summed E-state index contributed by atoms with van der Waals surface area (Å²) in [5, 5.41) is 12.1. The van der Waals surface area contributed by atoms with Gasteiger partial charge in [0.25, 0.3) is 0 Å². The molecule has 2 aromatic heterocycles. The first kappa shape index (κ1) is 17.1. The fourth-order valence-electron chi connectivity index (χ4n) is 3.67. The molecule has 7 heteroatoms. The van der Waals surface area contributed by atoms with Crippen molar-refractivity contribution in [1.29, 1.82) is 0 Å². The van der Waals surface area contributed by atoms with Crippen molar-refractivity contribution in [2.75, 3.05) is 33.7 Å². The van der Waals surface area contributed by atoms with E-state index in [1.54, 1.807) is 0 Å². The second-order valence-electron chi connectivity index (χ2n) is 7.85. The maximum atomic E-state index is 4.53. The average molecular weight is 331 g/mol. The van der Waals surface area contributed by atoms with Gasteiger partial charge in [0.15, 0.2) is 5.82 Å². The van der Waals surface area contributed by atoms with E-state index in [1.165, 1.54) is 0 Å². The van der Waals surface area contributed by atoms with Gasteiger partial charge in [0, 0.05) is 25.5 Å². The summed E-state index contributed by atoms with van der Waals surface area (Å²) in [6, 6.07) is 0.445. The molecular formula is C17H29N7. The van der Waals surface area contributed by atoms with Gasteiger partial charge in [-0.2, -0.15) is 0 Å². The Balaban J connectivity index is 1.76. The first-order valence-corrected chi connectivity index (χ1v) is 8.73. The van der Waals surface area contributed by atoms with Crippen LogP contribution in [-0.2, 0) is 6.54 Å². The Morgan fingerprint density at radius 3 is 2.75 bits per heavy atom. The third-order valence-electron chi connectivity index (χ3n) is 4.48. The number of piperidine rings is 1. The molecule has 0 amide bonds. The molecular weight excluding hydrogens is 302 g/mol. The zero-order valence-electron chi connectivity index (χ0n) is 15.2. The SMILES string of the molecule is CN(C)CC(C)(C)Cn1ccnc1-c1cn(C2CCNCC2)nn1. The average Bonchev–Trinajstić information content (AvgIpc) is 3.15. The minimum absolute atomic E-state index is 0.157. The summed E-state index contributed by atoms with van der Waals surface area (Å²) in [6.45, 7) is 8.58. The molecule has 1 fully saturated rings. The summed E-state index contributed by atoms with van der Waals surface area (Å²) in [6.07, 6.45) is 8.15. The molecule has 1 aliphatic rings. The second kappa shape index (κ2) is 7.03. The van der Waals surface area contributed by atoms with Crippen molar-refractivity contribution < 1.29 is 0 Å². The predicted octanol–water partition coefficient (Wildman–Crippen LogP) is 1.65. The van der Waals surface area contributed by atoms with Gasteiger partial charge in [-0.1, -0.05) is 19.1 Å². The second-order valence-corrected chi connectivity index (χ2v) is 7.85. The van der Waals surface area contributed by atoms with E-state index in [-0.39, 0.29) is 5.41 Å². The number of nitrogens with one attached hydrogen (secondary N) is 1. The van der Waals surface area contributed by atoms with Crippen LogP contribution in [0.15, 0.2) is 18.6 Å². The fraction of sp³-hybridized carbons (Fsp3) is 0.706. The van der Waals surface area contributed by atoms with E-state index in [4.69, 9.17) is 0 Å². The van der Waals surface area contributed by atoms with Crippen LogP contribution < -0.4 is 5.32 Å². The van der Waals surface area contributed by atoms with Gasteiger partial charge in [0.05, 0.1) is 12.2 Å². The number of imidazole rings is 1. The summed E-state index contributed by atoms with van der Waals surface area (Å²) in [4.78, 5) is 6.76. The molecule has 0 unspecified atom stereocenters. The van der Waals surface area contributed by atoms with Gasteiger partial charge in [-0.3, -0.25) is 0 Å². The van der Waals surface area contributed by atoms with E-state index in [1.807, 2.05) is 23.3 Å². The van der Waals surface area contributed by atoms with E-state index < -0.39 is 0 Å². The van der Waals surface area contributed by atoms with Crippen LogP contribution in [0.2, 0.25) is 0 Å². The molecule has 0 aromatic carbocycles. The van der Waals surface area contributed by atoms with Crippen LogP contribution >= 0.6 is 0 Å². The van der Waals surface area contributed by atoms with E-state index in [2.05, 4.69) is 58.0 Å². The van der Waals surface area contributed by atoms with Crippen molar-refractivity contribution in [2.45, 2.75) is 39.3 Å². The highest BCUT2D eigenvalue weighted by molar-refractivity contribution is 5.47. The normalized spacial score (nSPS) is 16.9. The van der Waals surface area contributed by atoms with Gasteiger partial charge >= 0.3 is 0 Å². The molecule has 2 aromatic rings. The molecule has 0 spiro atoms. The Morgan fingerprint density at radius 2 is 2.04 bits per heavy atom. The Bertz CT molecular complexity index is 649. The van der Waals surface area contributed by atoms with E-state index >= 15 is 0 Å². The molecule has 1 aliphatic heterocycles. The third kappa shape index (κ3) is 4.02. The highest BCUT2D eigenvalue weighted by atomic mass is 15.4. The largest absolute Gasteiger partial charge is 0.329 e.